The van der Waals surface area contributed by atoms with Crippen molar-refractivity contribution in [3.8, 4) is 11.5 Å². The maximum Gasteiger partial charge on any atom is 0.265 e. The molecule has 27 heavy (non-hydrogen) atoms. The quantitative estimate of drug-likeness (QED) is 0.619. The van der Waals surface area contributed by atoms with Crippen LogP contribution in [-0.2, 0) is 9.53 Å². The molecule has 2 aromatic rings. The molecule has 0 aliphatic heterocycles. The van der Waals surface area contributed by atoms with Gasteiger partial charge in [0.25, 0.3) is 5.91 Å². The first-order valence-electron chi connectivity index (χ1n) is 9.37. The number of hydrogen-bond acceptors (Lipinski definition) is 4. The molecule has 0 aromatic heterocycles. The standard InChI is InChI=1S/C22H29NO4/c1-5-25-13-14-26-21-8-6-7-19(15-21)23-22(24)17(4)27-20-11-9-18(10-12-20)16(2)3/h6-12,15-17H,5,13-14H2,1-4H3,(H,23,24). The predicted octanol–water partition coefficient (Wildman–Crippen LogP) is 4.63. The summed E-state index contributed by atoms with van der Waals surface area (Å²) in [7, 11) is 0. The fraction of sp³-hybridized carbons (Fsp3) is 0.409. The molecule has 0 fully saturated rings. The van der Waals surface area contributed by atoms with E-state index in [4.69, 9.17) is 14.2 Å². The predicted molar refractivity (Wildman–Crippen MR) is 108 cm³/mol. The average molecular weight is 371 g/mol. The summed E-state index contributed by atoms with van der Waals surface area (Å²) < 4.78 is 16.6. The Labute approximate surface area is 161 Å². The topological polar surface area (TPSA) is 56.8 Å². The van der Waals surface area contributed by atoms with Gasteiger partial charge in [-0.15, -0.1) is 0 Å². The molecule has 5 heteroatoms. The Morgan fingerprint density at radius 2 is 1.74 bits per heavy atom. The van der Waals surface area contributed by atoms with Crippen LogP contribution >= 0.6 is 0 Å². The molecule has 1 unspecified atom stereocenters. The summed E-state index contributed by atoms with van der Waals surface area (Å²) in [5.41, 5.74) is 1.90. The minimum absolute atomic E-state index is 0.214. The number of rotatable bonds is 10. The van der Waals surface area contributed by atoms with E-state index in [0.717, 1.165) is 0 Å². The van der Waals surface area contributed by atoms with Crippen molar-refractivity contribution in [2.24, 2.45) is 0 Å². The lowest BCUT2D eigenvalue weighted by Gasteiger charge is -2.16. The van der Waals surface area contributed by atoms with E-state index in [1.54, 1.807) is 13.0 Å². The van der Waals surface area contributed by atoms with Crippen LogP contribution < -0.4 is 14.8 Å². The lowest BCUT2D eigenvalue weighted by molar-refractivity contribution is -0.122. The number of nitrogens with one attached hydrogen (secondary N) is 1. The van der Waals surface area contributed by atoms with E-state index in [2.05, 4.69) is 19.2 Å². The van der Waals surface area contributed by atoms with Crippen LogP contribution in [0.2, 0.25) is 0 Å². The average Bonchev–Trinajstić information content (AvgIpc) is 2.66. The van der Waals surface area contributed by atoms with Gasteiger partial charge in [0.2, 0.25) is 0 Å². The van der Waals surface area contributed by atoms with Gasteiger partial charge in [-0.2, -0.15) is 0 Å². The van der Waals surface area contributed by atoms with Crippen molar-refractivity contribution < 1.29 is 19.0 Å². The zero-order valence-corrected chi connectivity index (χ0v) is 16.5. The number of ether oxygens (including phenoxy) is 3. The molecule has 5 nitrogen and oxygen atoms in total. The normalized spacial score (nSPS) is 11.9. The first-order chi connectivity index (χ1) is 13.0. The van der Waals surface area contributed by atoms with Gasteiger partial charge in [0.15, 0.2) is 6.10 Å². The van der Waals surface area contributed by atoms with E-state index >= 15 is 0 Å². The summed E-state index contributed by atoms with van der Waals surface area (Å²) in [6.45, 7) is 9.62. The van der Waals surface area contributed by atoms with Crippen LogP contribution in [-0.4, -0.2) is 31.8 Å². The van der Waals surface area contributed by atoms with E-state index in [0.29, 0.717) is 42.9 Å². The van der Waals surface area contributed by atoms with Gasteiger partial charge < -0.3 is 19.5 Å². The first-order valence-corrected chi connectivity index (χ1v) is 9.37. The molecular weight excluding hydrogens is 342 g/mol. The van der Waals surface area contributed by atoms with Crippen molar-refractivity contribution in [1.82, 2.24) is 0 Å². The highest BCUT2D eigenvalue weighted by Crippen LogP contribution is 2.21. The molecule has 0 heterocycles. The fourth-order valence-corrected chi connectivity index (χ4v) is 2.46. The molecule has 146 valence electrons. The zero-order chi connectivity index (χ0) is 19.6. The molecule has 1 atom stereocenters. The Kier molecular flexibility index (Phi) is 8.14. The molecule has 0 aliphatic carbocycles. The first kappa shape index (κ1) is 20.8. The van der Waals surface area contributed by atoms with Crippen molar-refractivity contribution in [2.45, 2.75) is 39.7 Å². The third-order valence-electron chi connectivity index (χ3n) is 4.03. The van der Waals surface area contributed by atoms with Gasteiger partial charge in [0.1, 0.15) is 18.1 Å². The minimum Gasteiger partial charge on any atom is -0.491 e. The van der Waals surface area contributed by atoms with Crippen LogP contribution in [0, 0.1) is 0 Å². The maximum atomic E-state index is 12.4. The number of hydrogen-bond donors (Lipinski definition) is 1. The van der Waals surface area contributed by atoms with Gasteiger partial charge in [0, 0.05) is 18.4 Å². The Bertz CT molecular complexity index is 713. The van der Waals surface area contributed by atoms with Crippen molar-refractivity contribution >= 4 is 11.6 Å². The Balaban J connectivity index is 1.88. The summed E-state index contributed by atoms with van der Waals surface area (Å²) >= 11 is 0. The molecular formula is C22H29NO4. The molecule has 0 saturated heterocycles. The maximum absolute atomic E-state index is 12.4. The van der Waals surface area contributed by atoms with Crippen molar-refractivity contribution in [3.63, 3.8) is 0 Å². The van der Waals surface area contributed by atoms with E-state index in [1.165, 1.54) is 5.56 Å². The van der Waals surface area contributed by atoms with Crippen molar-refractivity contribution in [3.05, 3.63) is 54.1 Å². The van der Waals surface area contributed by atoms with Gasteiger partial charge >= 0.3 is 0 Å². The summed E-state index contributed by atoms with van der Waals surface area (Å²) in [6, 6.07) is 15.1. The highest BCUT2D eigenvalue weighted by atomic mass is 16.5. The van der Waals surface area contributed by atoms with Crippen LogP contribution in [0.5, 0.6) is 11.5 Å². The minimum atomic E-state index is -0.613. The number of benzene rings is 2. The molecule has 0 spiro atoms. The van der Waals surface area contributed by atoms with Crippen molar-refractivity contribution in [2.75, 3.05) is 25.1 Å². The molecule has 1 amide bonds. The molecule has 0 aliphatic rings. The Morgan fingerprint density at radius 3 is 2.41 bits per heavy atom. The summed E-state index contributed by atoms with van der Waals surface area (Å²) in [4.78, 5) is 12.4. The number of carbonyl (C=O) groups is 1. The molecule has 0 bridgehead atoms. The largest absolute Gasteiger partial charge is 0.491 e. The number of amides is 1. The summed E-state index contributed by atoms with van der Waals surface area (Å²) in [5, 5.41) is 2.86. The zero-order valence-electron chi connectivity index (χ0n) is 16.5. The lowest BCUT2D eigenvalue weighted by Crippen LogP contribution is -2.30. The van der Waals surface area contributed by atoms with Gasteiger partial charge in [-0.25, -0.2) is 0 Å². The smallest absolute Gasteiger partial charge is 0.265 e. The second-order valence-electron chi connectivity index (χ2n) is 6.55. The monoisotopic (exact) mass is 371 g/mol. The van der Waals surface area contributed by atoms with E-state index in [1.807, 2.05) is 49.4 Å². The van der Waals surface area contributed by atoms with E-state index in [9.17, 15) is 4.79 Å². The second kappa shape index (κ2) is 10.6. The van der Waals surface area contributed by atoms with Crippen LogP contribution in [0.1, 0.15) is 39.2 Å². The lowest BCUT2D eigenvalue weighted by atomic mass is 10.0. The Morgan fingerprint density at radius 1 is 1.00 bits per heavy atom. The number of carbonyl (C=O) groups excluding carboxylic acids is 1. The molecule has 2 rings (SSSR count). The van der Waals surface area contributed by atoms with Crippen LogP contribution in [0.4, 0.5) is 5.69 Å². The highest BCUT2D eigenvalue weighted by molar-refractivity contribution is 5.94. The summed E-state index contributed by atoms with van der Waals surface area (Å²) in [6.07, 6.45) is -0.613. The van der Waals surface area contributed by atoms with Gasteiger partial charge in [-0.05, 0) is 49.6 Å². The third kappa shape index (κ3) is 6.94. The van der Waals surface area contributed by atoms with Crippen LogP contribution in [0.15, 0.2) is 48.5 Å². The van der Waals surface area contributed by atoms with Gasteiger partial charge in [0.05, 0.1) is 6.61 Å². The van der Waals surface area contributed by atoms with Gasteiger partial charge in [-0.1, -0.05) is 32.0 Å². The number of anilines is 1. The molecule has 0 radical (unpaired) electrons. The van der Waals surface area contributed by atoms with Crippen LogP contribution in [0.25, 0.3) is 0 Å². The second-order valence-corrected chi connectivity index (χ2v) is 6.55. The fourth-order valence-electron chi connectivity index (χ4n) is 2.46. The molecule has 2 aromatic carbocycles. The highest BCUT2D eigenvalue weighted by Gasteiger charge is 2.15. The van der Waals surface area contributed by atoms with Crippen molar-refractivity contribution in [1.29, 1.82) is 0 Å². The van der Waals surface area contributed by atoms with E-state index in [-0.39, 0.29) is 5.91 Å². The SMILES string of the molecule is CCOCCOc1cccc(NC(=O)C(C)Oc2ccc(C(C)C)cc2)c1. The molecule has 1 N–H and O–H groups in total. The Hall–Kier alpha value is -2.53. The molecule has 0 saturated carbocycles. The van der Waals surface area contributed by atoms with Crippen LogP contribution in [0.3, 0.4) is 0 Å². The summed E-state index contributed by atoms with van der Waals surface area (Å²) in [5.74, 6) is 1.61. The third-order valence-corrected chi connectivity index (χ3v) is 4.03. The van der Waals surface area contributed by atoms with Gasteiger partial charge in [-0.3, -0.25) is 4.79 Å². The van der Waals surface area contributed by atoms with E-state index < -0.39 is 6.10 Å².